The Labute approximate surface area is 113 Å². The number of aldehydes is 1. The number of hydrogen-bond donors (Lipinski definition) is 1. The number of rotatable bonds is 3. The van der Waals surface area contributed by atoms with Crippen LogP contribution in [0.15, 0.2) is 30.3 Å². The van der Waals surface area contributed by atoms with E-state index in [1.54, 1.807) is 6.07 Å². The minimum Gasteiger partial charge on any atom is -0.296 e. The Bertz CT molecular complexity index is 550. The van der Waals surface area contributed by atoms with Gasteiger partial charge in [0.05, 0.1) is 11.4 Å². The Morgan fingerprint density at radius 2 is 1.84 bits per heavy atom. The molecule has 3 rings (SSSR count). The van der Waals surface area contributed by atoms with Crippen LogP contribution in [0.5, 0.6) is 0 Å². The summed E-state index contributed by atoms with van der Waals surface area (Å²) in [6.45, 7) is 0. The van der Waals surface area contributed by atoms with E-state index < -0.39 is 0 Å². The zero-order valence-corrected chi connectivity index (χ0v) is 10.9. The Balaban J connectivity index is 1.79. The molecule has 0 atom stereocenters. The summed E-state index contributed by atoms with van der Waals surface area (Å²) in [5, 5.41) is 6.86. The van der Waals surface area contributed by atoms with E-state index in [0.717, 1.165) is 23.5 Å². The van der Waals surface area contributed by atoms with Gasteiger partial charge in [-0.05, 0) is 30.4 Å². The number of nitrogens with zero attached hydrogens (tertiary/aromatic N) is 1. The molecular formula is C16H18N2O. The number of carbonyl (C=O) groups excluding carboxylic acids is 1. The highest BCUT2D eigenvalue weighted by Crippen LogP contribution is 2.33. The zero-order valence-electron chi connectivity index (χ0n) is 10.9. The predicted octanol–water partition coefficient (Wildman–Crippen LogP) is 3.94. The maximum absolute atomic E-state index is 10.6. The molecule has 3 heteroatoms. The van der Waals surface area contributed by atoms with Gasteiger partial charge in [-0.2, -0.15) is 5.10 Å². The fraction of sp³-hybridized carbons (Fsp3) is 0.375. The standard InChI is InChI=1S/C16H18N2O/c19-11-15-10-16(18-17-15)14-8-6-13(7-9-14)12-4-2-1-3-5-12/h6-12H,1-5H2,(H,17,18). The third-order valence-electron chi connectivity index (χ3n) is 4.01. The van der Waals surface area contributed by atoms with Crippen LogP contribution in [0.2, 0.25) is 0 Å². The maximum Gasteiger partial charge on any atom is 0.167 e. The molecule has 0 radical (unpaired) electrons. The summed E-state index contributed by atoms with van der Waals surface area (Å²) < 4.78 is 0. The third kappa shape index (κ3) is 2.60. The van der Waals surface area contributed by atoms with Gasteiger partial charge in [0.2, 0.25) is 0 Å². The lowest BCUT2D eigenvalue weighted by atomic mass is 9.84. The van der Waals surface area contributed by atoms with E-state index in [1.165, 1.54) is 37.7 Å². The van der Waals surface area contributed by atoms with Crippen LogP contribution in [0.1, 0.15) is 54.1 Å². The summed E-state index contributed by atoms with van der Waals surface area (Å²) in [6, 6.07) is 10.4. The highest BCUT2D eigenvalue weighted by atomic mass is 16.1. The molecule has 0 bridgehead atoms. The SMILES string of the molecule is O=Cc1cc(-c2ccc(C3CCCCC3)cc2)n[nH]1. The van der Waals surface area contributed by atoms with Gasteiger partial charge in [0.1, 0.15) is 0 Å². The zero-order chi connectivity index (χ0) is 13.1. The van der Waals surface area contributed by atoms with Crippen molar-refractivity contribution >= 4 is 6.29 Å². The molecule has 1 aliphatic rings. The van der Waals surface area contributed by atoms with Gasteiger partial charge in [0.25, 0.3) is 0 Å². The van der Waals surface area contributed by atoms with E-state index in [2.05, 4.69) is 34.5 Å². The van der Waals surface area contributed by atoms with Crippen molar-refractivity contribution in [2.24, 2.45) is 0 Å². The van der Waals surface area contributed by atoms with Gasteiger partial charge >= 0.3 is 0 Å². The molecule has 1 N–H and O–H groups in total. The Morgan fingerprint density at radius 1 is 1.11 bits per heavy atom. The summed E-state index contributed by atoms with van der Waals surface area (Å²) in [4.78, 5) is 10.6. The first-order valence-corrected chi connectivity index (χ1v) is 6.98. The molecule has 1 heterocycles. The van der Waals surface area contributed by atoms with E-state index in [4.69, 9.17) is 0 Å². The van der Waals surface area contributed by atoms with Crippen molar-refractivity contribution in [3.8, 4) is 11.3 Å². The first-order chi connectivity index (χ1) is 9.36. The predicted molar refractivity (Wildman–Crippen MR) is 75.2 cm³/mol. The summed E-state index contributed by atoms with van der Waals surface area (Å²) in [7, 11) is 0. The van der Waals surface area contributed by atoms with Crippen molar-refractivity contribution in [1.82, 2.24) is 10.2 Å². The number of aromatic amines is 1. The van der Waals surface area contributed by atoms with Crippen molar-refractivity contribution in [3.05, 3.63) is 41.6 Å². The number of H-pyrrole nitrogens is 1. The van der Waals surface area contributed by atoms with Gasteiger partial charge in [-0.3, -0.25) is 9.89 Å². The summed E-state index contributed by atoms with van der Waals surface area (Å²) in [5.74, 6) is 0.729. The van der Waals surface area contributed by atoms with Crippen molar-refractivity contribution in [1.29, 1.82) is 0 Å². The lowest BCUT2D eigenvalue weighted by molar-refractivity contribution is 0.111. The van der Waals surface area contributed by atoms with E-state index in [9.17, 15) is 4.79 Å². The molecule has 1 saturated carbocycles. The van der Waals surface area contributed by atoms with Gasteiger partial charge in [-0.1, -0.05) is 43.5 Å². The lowest BCUT2D eigenvalue weighted by Crippen LogP contribution is -2.04. The van der Waals surface area contributed by atoms with Crippen LogP contribution < -0.4 is 0 Å². The molecule has 2 aromatic rings. The molecule has 0 saturated heterocycles. The van der Waals surface area contributed by atoms with Crippen LogP contribution in [0.25, 0.3) is 11.3 Å². The molecule has 3 nitrogen and oxygen atoms in total. The minimum absolute atomic E-state index is 0.520. The Morgan fingerprint density at radius 3 is 2.47 bits per heavy atom. The highest BCUT2D eigenvalue weighted by Gasteiger charge is 2.15. The second-order valence-electron chi connectivity index (χ2n) is 5.28. The van der Waals surface area contributed by atoms with Crippen molar-refractivity contribution in [3.63, 3.8) is 0 Å². The number of aromatic nitrogens is 2. The summed E-state index contributed by atoms with van der Waals surface area (Å²) in [5.41, 5.74) is 3.85. The Kier molecular flexibility index (Phi) is 3.45. The van der Waals surface area contributed by atoms with Gasteiger partial charge in [-0.25, -0.2) is 0 Å². The molecule has 98 valence electrons. The quantitative estimate of drug-likeness (QED) is 0.843. The van der Waals surface area contributed by atoms with Crippen LogP contribution in [-0.2, 0) is 0 Å². The van der Waals surface area contributed by atoms with E-state index >= 15 is 0 Å². The Hall–Kier alpha value is -1.90. The molecule has 0 amide bonds. The average Bonchev–Trinajstić information content (AvgIpc) is 2.97. The van der Waals surface area contributed by atoms with Crippen LogP contribution >= 0.6 is 0 Å². The monoisotopic (exact) mass is 254 g/mol. The number of nitrogens with one attached hydrogen (secondary N) is 1. The van der Waals surface area contributed by atoms with Gasteiger partial charge in [0.15, 0.2) is 6.29 Å². The molecular weight excluding hydrogens is 236 g/mol. The van der Waals surface area contributed by atoms with Crippen LogP contribution in [0.3, 0.4) is 0 Å². The number of hydrogen-bond acceptors (Lipinski definition) is 2. The minimum atomic E-state index is 0.520. The molecule has 0 unspecified atom stereocenters. The lowest BCUT2D eigenvalue weighted by Gasteiger charge is -2.21. The molecule has 0 spiro atoms. The van der Waals surface area contributed by atoms with Gasteiger partial charge in [0, 0.05) is 5.56 Å². The molecule has 1 aromatic carbocycles. The maximum atomic E-state index is 10.6. The fourth-order valence-corrected chi connectivity index (χ4v) is 2.91. The number of benzene rings is 1. The van der Waals surface area contributed by atoms with Crippen LogP contribution in [0.4, 0.5) is 0 Å². The molecule has 0 aliphatic heterocycles. The smallest absolute Gasteiger partial charge is 0.167 e. The molecule has 1 fully saturated rings. The molecule has 1 aromatic heterocycles. The normalized spacial score (nSPS) is 16.4. The topological polar surface area (TPSA) is 45.8 Å². The van der Waals surface area contributed by atoms with E-state index in [0.29, 0.717) is 5.69 Å². The first-order valence-electron chi connectivity index (χ1n) is 6.98. The molecule has 1 aliphatic carbocycles. The third-order valence-corrected chi connectivity index (χ3v) is 4.01. The number of carbonyl (C=O) groups is 1. The largest absolute Gasteiger partial charge is 0.296 e. The summed E-state index contributed by atoms with van der Waals surface area (Å²) in [6.07, 6.45) is 7.51. The van der Waals surface area contributed by atoms with Gasteiger partial charge < -0.3 is 0 Å². The van der Waals surface area contributed by atoms with Gasteiger partial charge in [-0.15, -0.1) is 0 Å². The van der Waals surface area contributed by atoms with Crippen LogP contribution in [-0.4, -0.2) is 16.5 Å². The van der Waals surface area contributed by atoms with E-state index in [1.807, 2.05) is 0 Å². The first kappa shape index (κ1) is 12.2. The summed E-state index contributed by atoms with van der Waals surface area (Å²) >= 11 is 0. The second-order valence-corrected chi connectivity index (χ2v) is 5.28. The average molecular weight is 254 g/mol. The second kappa shape index (κ2) is 5.39. The van der Waals surface area contributed by atoms with E-state index in [-0.39, 0.29) is 0 Å². The molecule has 19 heavy (non-hydrogen) atoms. The van der Waals surface area contributed by atoms with Crippen molar-refractivity contribution in [2.75, 3.05) is 0 Å². The highest BCUT2D eigenvalue weighted by molar-refractivity contribution is 5.75. The van der Waals surface area contributed by atoms with Crippen molar-refractivity contribution in [2.45, 2.75) is 38.0 Å². The fourth-order valence-electron chi connectivity index (χ4n) is 2.91. The van der Waals surface area contributed by atoms with Crippen LogP contribution in [0, 0.1) is 0 Å². The van der Waals surface area contributed by atoms with Crippen molar-refractivity contribution < 1.29 is 4.79 Å².